The lowest BCUT2D eigenvalue weighted by molar-refractivity contribution is -0.133. The van der Waals surface area contributed by atoms with Gasteiger partial charge in [-0.1, -0.05) is 6.42 Å². The Morgan fingerprint density at radius 3 is 2.36 bits per heavy atom. The maximum absolute atomic E-state index is 13.6. The molecule has 6 atom stereocenters. The normalized spacial score (nSPS) is 43.0. The van der Waals surface area contributed by atoms with Crippen LogP contribution in [0.25, 0.3) is 0 Å². The third-order valence-corrected chi connectivity index (χ3v) is 11.2. The molecule has 2 N–H and O–H groups in total. The molecule has 1 heterocycles. The second kappa shape index (κ2) is 10.8. The molecule has 4 aliphatic rings. The van der Waals surface area contributed by atoms with Gasteiger partial charge < -0.3 is 15.2 Å². The van der Waals surface area contributed by atoms with E-state index in [0.29, 0.717) is 32.1 Å². The topological polar surface area (TPSA) is 95.9 Å². The van der Waals surface area contributed by atoms with E-state index in [1.807, 2.05) is 0 Å². The second-order valence-electron chi connectivity index (χ2n) is 10.0. The fourth-order valence-electron chi connectivity index (χ4n) is 5.96. The molecule has 3 aliphatic carbocycles. The molecule has 7 nitrogen and oxygen atoms in total. The zero-order chi connectivity index (χ0) is 23.8. The Bertz CT molecular complexity index is 788. The van der Waals surface area contributed by atoms with Crippen LogP contribution in [0.15, 0.2) is 0 Å². The summed E-state index contributed by atoms with van der Waals surface area (Å²) >= 11 is 12.8. The molecule has 0 bridgehead atoms. The number of aliphatic hydroxyl groups is 1. The van der Waals surface area contributed by atoms with Crippen molar-refractivity contribution in [1.82, 2.24) is 9.62 Å². The van der Waals surface area contributed by atoms with Crippen molar-refractivity contribution in [2.45, 2.75) is 111 Å². The number of sulfonamides is 1. The highest BCUT2D eigenvalue weighted by Crippen LogP contribution is 2.37. The molecule has 3 saturated carbocycles. The van der Waals surface area contributed by atoms with Crippen molar-refractivity contribution < 1.29 is 27.4 Å². The summed E-state index contributed by atoms with van der Waals surface area (Å²) in [6, 6.07) is -0.633. The van der Waals surface area contributed by atoms with Gasteiger partial charge in [-0.25, -0.2) is 12.8 Å². The first-order chi connectivity index (χ1) is 15.7. The molecule has 0 spiro atoms. The van der Waals surface area contributed by atoms with Crippen LogP contribution < -0.4 is 5.32 Å². The number of carbonyl (C=O) groups excluding carboxylic acids is 1. The van der Waals surface area contributed by atoms with Gasteiger partial charge in [0.15, 0.2) is 0 Å². The van der Waals surface area contributed by atoms with Gasteiger partial charge in [-0.3, -0.25) is 4.79 Å². The van der Waals surface area contributed by atoms with Gasteiger partial charge in [-0.2, -0.15) is 4.31 Å². The van der Waals surface area contributed by atoms with Gasteiger partial charge in [0.1, 0.15) is 6.17 Å². The Labute approximate surface area is 205 Å². The van der Waals surface area contributed by atoms with Crippen molar-refractivity contribution in [3.05, 3.63) is 0 Å². The first kappa shape index (κ1) is 25.9. The number of nitrogens with one attached hydrogen (secondary N) is 1. The van der Waals surface area contributed by atoms with Gasteiger partial charge >= 0.3 is 0 Å². The third kappa shape index (κ3) is 5.64. The van der Waals surface area contributed by atoms with E-state index in [0.717, 1.165) is 19.3 Å². The van der Waals surface area contributed by atoms with E-state index < -0.39 is 39.5 Å². The fourth-order valence-corrected chi connectivity index (χ4v) is 9.15. The molecular formula is C22H35Cl2FN2O5S. The van der Waals surface area contributed by atoms with Crippen LogP contribution in [-0.4, -0.2) is 83.4 Å². The largest absolute Gasteiger partial charge is 0.394 e. The lowest BCUT2D eigenvalue weighted by Gasteiger charge is -2.48. The molecule has 11 heteroatoms. The quantitative estimate of drug-likeness (QED) is 0.534. The lowest BCUT2D eigenvalue weighted by Crippen LogP contribution is -2.63. The van der Waals surface area contributed by atoms with Crippen LogP contribution in [0.5, 0.6) is 0 Å². The van der Waals surface area contributed by atoms with E-state index in [-0.39, 0.29) is 54.8 Å². The molecule has 4 fully saturated rings. The summed E-state index contributed by atoms with van der Waals surface area (Å²) in [5.74, 6) is -0.629. The monoisotopic (exact) mass is 528 g/mol. The van der Waals surface area contributed by atoms with Gasteiger partial charge in [0.2, 0.25) is 15.9 Å². The number of halogens is 3. The Kier molecular flexibility index (Phi) is 8.49. The van der Waals surface area contributed by atoms with Gasteiger partial charge in [-0.15, -0.1) is 23.2 Å². The van der Waals surface area contributed by atoms with E-state index in [9.17, 15) is 22.7 Å². The number of hydrogen-bond acceptors (Lipinski definition) is 5. The van der Waals surface area contributed by atoms with Gasteiger partial charge in [0.05, 0.1) is 36.0 Å². The predicted molar refractivity (Wildman–Crippen MR) is 125 cm³/mol. The average Bonchev–Trinajstić information content (AvgIpc) is 2.78. The molecule has 0 radical (unpaired) electrons. The van der Waals surface area contributed by atoms with Crippen LogP contribution in [0.1, 0.15) is 64.2 Å². The van der Waals surface area contributed by atoms with E-state index in [4.69, 9.17) is 27.9 Å². The minimum absolute atomic E-state index is 0.0757. The maximum Gasteiger partial charge on any atom is 0.226 e. The average molecular weight is 530 g/mol. The zero-order valence-corrected chi connectivity index (χ0v) is 21.1. The zero-order valence-electron chi connectivity index (χ0n) is 18.8. The van der Waals surface area contributed by atoms with E-state index in [1.165, 1.54) is 4.31 Å². The predicted octanol–water partition coefficient (Wildman–Crippen LogP) is 2.71. The van der Waals surface area contributed by atoms with Crippen LogP contribution in [0.3, 0.4) is 0 Å². The van der Waals surface area contributed by atoms with Crippen LogP contribution >= 0.6 is 23.2 Å². The molecule has 190 valence electrons. The summed E-state index contributed by atoms with van der Waals surface area (Å²) in [6.45, 7) is -0.186. The highest BCUT2D eigenvalue weighted by atomic mass is 35.5. The molecule has 0 aromatic heterocycles. The summed E-state index contributed by atoms with van der Waals surface area (Å²) in [7, 11) is -3.69. The molecular weight excluding hydrogens is 494 g/mol. The molecule has 1 amide bonds. The highest BCUT2D eigenvalue weighted by molar-refractivity contribution is 7.89. The van der Waals surface area contributed by atoms with E-state index >= 15 is 0 Å². The fraction of sp³-hybridized carbons (Fsp3) is 0.955. The molecule has 5 unspecified atom stereocenters. The van der Waals surface area contributed by atoms with Crippen LogP contribution in [0.2, 0.25) is 0 Å². The Hall–Kier alpha value is -0.190. The van der Waals surface area contributed by atoms with Gasteiger partial charge in [-0.05, 0) is 57.8 Å². The van der Waals surface area contributed by atoms with Crippen molar-refractivity contribution >= 4 is 39.1 Å². The van der Waals surface area contributed by atoms with Crippen LogP contribution in [0.4, 0.5) is 4.39 Å². The number of nitrogens with zero attached hydrogens (tertiary/aromatic N) is 1. The lowest BCUT2D eigenvalue weighted by atomic mass is 9.84. The minimum Gasteiger partial charge on any atom is -0.394 e. The summed E-state index contributed by atoms with van der Waals surface area (Å²) in [5, 5.41) is 11.6. The van der Waals surface area contributed by atoms with E-state index in [1.54, 1.807) is 0 Å². The van der Waals surface area contributed by atoms with Crippen LogP contribution in [-0.2, 0) is 19.6 Å². The number of ether oxygens (including phenoxy) is 1. The number of alkyl halides is 3. The SMILES string of the molecule is O=C(NC1CCC2O[C@@H](CO)CN(S(=O)(=O)C3CCC(F)CC3)C2C1)C1C(Cl)CCCC1Cl. The van der Waals surface area contributed by atoms with Crippen molar-refractivity contribution in [1.29, 1.82) is 0 Å². The number of fused-ring (bicyclic) bond motifs is 1. The first-order valence-corrected chi connectivity index (χ1v) is 14.6. The smallest absolute Gasteiger partial charge is 0.226 e. The Morgan fingerprint density at radius 1 is 1.06 bits per heavy atom. The molecule has 0 aromatic carbocycles. The molecule has 4 rings (SSSR count). The Morgan fingerprint density at radius 2 is 1.73 bits per heavy atom. The molecule has 1 saturated heterocycles. The van der Waals surface area contributed by atoms with Crippen LogP contribution in [0, 0.1) is 5.92 Å². The minimum atomic E-state index is -3.69. The Balaban J connectivity index is 1.47. The number of morpholine rings is 1. The number of hydrogen-bond donors (Lipinski definition) is 2. The molecule has 0 aromatic rings. The highest BCUT2D eigenvalue weighted by Gasteiger charge is 2.48. The van der Waals surface area contributed by atoms with Crippen molar-refractivity contribution in [3.8, 4) is 0 Å². The first-order valence-electron chi connectivity index (χ1n) is 12.2. The number of aliphatic hydroxyl groups excluding tert-OH is 1. The number of rotatable bonds is 5. The second-order valence-corrected chi connectivity index (χ2v) is 13.3. The van der Waals surface area contributed by atoms with E-state index in [2.05, 4.69) is 5.32 Å². The number of amides is 1. The standard InChI is InChI=1S/C22H35Cl2FN2O5S/c23-17-2-1-3-18(24)21(17)22(29)26-14-6-9-20-19(10-14)27(11-15(12-28)32-20)33(30,31)16-7-4-13(25)5-8-16/h13-21,28H,1-12H2,(H,26,29)/t13?,14?,15-,16?,17?,18?,19?,20?,21?/m1/s1. The maximum atomic E-state index is 13.6. The third-order valence-electron chi connectivity index (χ3n) is 7.82. The van der Waals surface area contributed by atoms with Crippen molar-refractivity contribution in [3.63, 3.8) is 0 Å². The summed E-state index contributed by atoms with van der Waals surface area (Å²) in [6.07, 6.45) is 3.32. The summed E-state index contributed by atoms with van der Waals surface area (Å²) < 4.78 is 48.3. The van der Waals surface area contributed by atoms with Gasteiger partial charge in [0.25, 0.3) is 0 Å². The van der Waals surface area contributed by atoms with Gasteiger partial charge in [0, 0.05) is 23.3 Å². The number of carbonyl (C=O) groups is 1. The molecule has 33 heavy (non-hydrogen) atoms. The van der Waals surface area contributed by atoms with Crippen molar-refractivity contribution in [2.75, 3.05) is 13.2 Å². The summed E-state index contributed by atoms with van der Waals surface area (Å²) in [4.78, 5) is 13.0. The van der Waals surface area contributed by atoms with Crippen molar-refractivity contribution in [2.24, 2.45) is 5.92 Å². The summed E-state index contributed by atoms with van der Waals surface area (Å²) in [5.41, 5.74) is 0. The molecule has 1 aliphatic heterocycles.